The largest absolute Gasteiger partial charge is 0.416 e. The van der Waals surface area contributed by atoms with Gasteiger partial charge in [-0.2, -0.15) is 22.6 Å². The highest BCUT2D eigenvalue weighted by molar-refractivity contribution is 7.88. The van der Waals surface area contributed by atoms with E-state index in [1.807, 2.05) is 0 Å². The molecule has 11 heteroatoms. The average molecular weight is 565 g/mol. The molecule has 0 saturated carbocycles. The van der Waals surface area contributed by atoms with Gasteiger partial charge in [-0.1, -0.05) is 36.4 Å². The van der Waals surface area contributed by atoms with Crippen LogP contribution in [0.15, 0.2) is 48.6 Å². The molecule has 1 aromatic carbocycles. The van der Waals surface area contributed by atoms with Crippen molar-refractivity contribution in [3.05, 3.63) is 65.4 Å². The van der Waals surface area contributed by atoms with E-state index in [9.17, 15) is 26.7 Å². The van der Waals surface area contributed by atoms with Crippen LogP contribution in [0.1, 0.15) is 36.1 Å². The summed E-state index contributed by atoms with van der Waals surface area (Å²) in [5.74, 6) is 1.24. The summed E-state index contributed by atoms with van der Waals surface area (Å²) in [7, 11) is -3.46. The summed E-state index contributed by atoms with van der Waals surface area (Å²) < 4.78 is 66.9. The summed E-state index contributed by atoms with van der Waals surface area (Å²) in [5.41, 5.74) is 1.67. The lowest BCUT2D eigenvalue weighted by Crippen LogP contribution is -2.41. The fourth-order valence-corrected chi connectivity index (χ4v) is 6.80. The lowest BCUT2D eigenvalue weighted by molar-refractivity contribution is -0.137. The normalized spacial score (nSPS) is 22.2. The third kappa shape index (κ3) is 6.48. The number of allylic oxidation sites excluding steroid dienone is 4. The molecule has 3 aliphatic rings. The van der Waals surface area contributed by atoms with Gasteiger partial charge in [0.05, 0.1) is 30.2 Å². The smallest absolute Gasteiger partial charge is 0.390 e. The van der Waals surface area contributed by atoms with Crippen molar-refractivity contribution in [3.63, 3.8) is 0 Å². The van der Waals surface area contributed by atoms with E-state index in [1.165, 1.54) is 16.4 Å². The Kier molecular flexibility index (Phi) is 8.05. The Balaban J connectivity index is 1.31. The molecule has 2 unspecified atom stereocenters. The molecule has 3 heterocycles. The quantitative estimate of drug-likeness (QED) is 0.548. The predicted molar refractivity (Wildman–Crippen MR) is 143 cm³/mol. The molecule has 1 N–H and O–H groups in total. The number of benzene rings is 1. The zero-order valence-electron chi connectivity index (χ0n) is 22.0. The summed E-state index contributed by atoms with van der Waals surface area (Å²) in [5, 5.41) is 15.7. The van der Waals surface area contributed by atoms with Crippen LogP contribution in [0, 0.1) is 11.8 Å². The lowest BCUT2D eigenvalue weighted by Gasteiger charge is -2.36. The van der Waals surface area contributed by atoms with Crippen molar-refractivity contribution in [3.8, 4) is 11.3 Å². The first-order valence-corrected chi connectivity index (χ1v) is 15.3. The Labute approximate surface area is 227 Å². The van der Waals surface area contributed by atoms with Crippen LogP contribution in [-0.2, 0) is 35.7 Å². The number of aliphatic hydroxyl groups excluding tert-OH is 1. The van der Waals surface area contributed by atoms with Gasteiger partial charge in [0.25, 0.3) is 0 Å². The number of fused-ring (bicyclic) bond motifs is 1. The van der Waals surface area contributed by atoms with E-state index < -0.39 is 27.9 Å². The van der Waals surface area contributed by atoms with Gasteiger partial charge >= 0.3 is 6.18 Å². The average Bonchev–Trinajstić information content (AvgIpc) is 3.26. The number of rotatable bonds is 7. The molecule has 1 aromatic heterocycles. The summed E-state index contributed by atoms with van der Waals surface area (Å²) in [6.45, 7) is 2.97. The van der Waals surface area contributed by atoms with Gasteiger partial charge in [-0.05, 0) is 56.3 Å². The Morgan fingerprint density at radius 2 is 1.79 bits per heavy atom. The van der Waals surface area contributed by atoms with Gasteiger partial charge in [0.15, 0.2) is 0 Å². The number of alkyl halides is 3. The topological polar surface area (TPSA) is 78.7 Å². The molecule has 39 heavy (non-hydrogen) atoms. The molecule has 0 spiro atoms. The van der Waals surface area contributed by atoms with Crippen LogP contribution >= 0.6 is 0 Å². The van der Waals surface area contributed by atoms with E-state index in [2.05, 4.69) is 29.2 Å². The fraction of sp³-hybridized carbons (Fsp3) is 0.536. The van der Waals surface area contributed by atoms with Crippen LogP contribution in [0.2, 0.25) is 0 Å². The minimum absolute atomic E-state index is 0.0962. The highest BCUT2D eigenvalue weighted by Gasteiger charge is 2.33. The van der Waals surface area contributed by atoms with Crippen molar-refractivity contribution in [1.29, 1.82) is 0 Å². The first-order valence-electron chi connectivity index (χ1n) is 13.4. The van der Waals surface area contributed by atoms with Gasteiger partial charge in [-0.15, -0.1) is 0 Å². The van der Waals surface area contributed by atoms with E-state index in [0.29, 0.717) is 48.2 Å². The van der Waals surface area contributed by atoms with Crippen molar-refractivity contribution >= 4 is 10.0 Å². The van der Waals surface area contributed by atoms with Crippen LogP contribution < -0.4 is 0 Å². The van der Waals surface area contributed by atoms with Gasteiger partial charge in [-0.3, -0.25) is 4.68 Å². The first kappa shape index (κ1) is 28.1. The molecule has 212 valence electrons. The summed E-state index contributed by atoms with van der Waals surface area (Å²) in [6, 6.07) is 4.76. The minimum Gasteiger partial charge on any atom is -0.390 e. The van der Waals surface area contributed by atoms with Gasteiger partial charge in [-0.25, -0.2) is 8.42 Å². The Hall–Kier alpha value is -2.47. The van der Waals surface area contributed by atoms with E-state index in [-0.39, 0.29) is 13.1 Å². The molecule has 2 atom stereocenters. The molecule has 1 fully saturated rings. The standard InChI is InChI=1S/C28H35F3N4O3S/c1-39(37,38)34-16-13-26-25(19-34)27(22-7-9-23(10-8-22)28(29,30)31)32-35(26)18-24(36)17-33-14-11-21(12-15-33)20-5-3-2-4-6-20/h2-5,7-10,20-21,24,36H,6,11-19H2,1H3. The maximum atomic E-state index is 13.1. The number of likely N-dealkylation sites (tertiary alicyclic amines) is 1. The second-order valence-corrected chi connectivity index (χ2v) is 12.9. The predicted octanol–water partition coefficient (Wildman–Crippen LogP) is 4.09. The summed E-state index contributed by atoms with van der Waals surface area (Å²) in [6.07, 6.45) is 8.44. The van der Waals surface area contributed by atoms with Crippen molar-refractivity contribution in [1.82, 2.24) is 19.0 Å². The van der Waals surface area contributed by atoms with Crippen LogP contribution in [0.25, 0.3) is 11.3 Å². The highest BCUT2D eigenvalue weighted by atomic mass is 32.2. The van der Waals surface area contributed by atoms with Crippen molar-refractivity contribution in [2.75, 3.05) is 32.4 Å². The number of hydrogen-bond acceptors (Lipinski definition) is 5. The number of halogens is 3. The number of aromatic nitrogens is 2. The third-order valence-electron chi connectivity index (χ3n) is 8.16. The maximum Gasteiger partial charge on any atom is 0.416 e. The Morgan fingerprint density at radius 3 is 2.41 bits per heavy atom. The van der Waals surface area contributed by atoms with E-state index in [0.717, 1.165) is 56.4 Å². The second-order valence-electron chi connectivity index (χ2n) is 10.9. The van der Waals surface area contributed by atoms with Crippen LogP contribution in [0.5, 0.6) is 0 Å². The summed E-state index contributed by atoms with van der Waals surface area (Å²) >= 11 is 0. The van der Waals surface area contributed by atoms with Gasteiger partial charge in [0.2, 0.25) is 10.0 Å². The zero-order valence-corrected chi connectivity index (χ0v) is 22.8. The third-order valence-corrected chi connectivity index (χ3v) is 9.41. The number of piperidine rings is 1. The molecule has 1 saturated heterocycles. The van der Waals surface area contributed by atoms with Crippen molar-refractivity contribution < 1.29 is 26.7 Å². The van der Waals surface area contributed by atoms with Crippen molar-refractivity contribution in [2.45, 2.75) is 51.1 Å². The summed E-state index contributed by atoms with van der Waals surface area (Å²) in [4.78, 5) is 2.28. The van der Waals surface area contributed by atoms with E-state index in [4.69, 9.17) is 5.10 Å². The van der Waals surface area contributed by atoms with E-state index >= 15 is 0 Å². The van der Waals surface area contributed by atoms with Crippen LogP contribution in [0.3, 0.4) is 0 Å². The molecule has 2 aliphatic heterocycles. The molecule has 0 amide bonds. The Morgan fingerprint density at radius 1 is 1.08 bits per heavy atom. The fourth-order valence-electron chi connectivity index (χ4n) is 6.02. The van der Waals surface area contributed by atoms with Crippen LogP contribution in [-0.4, -0.2) is 71.0 Å². The zero-order chi connectivity index (χ0) is 27.8. The maximum absolute atomic E-state index is 13.1. The SMILES string of the molecule is CS(=O)(=O)N1CCc2c(c(-c3ccc(C(F)(F)F)cc3)nn2CC(O)CN2CCC(C3C=CC=CC3)CC2)C1. The monoisotopic (exact) mass is 564 g/mol. The number of nitrogens with zero attached hydrogens (tertiary/aromatic N) is 4. The number of sulfonamides is 1. The molecule has 0 radical (unpaired) electrons. The number of β-amino-alcohol motifs (C(OH)–C–C–N with tert-alkyl or cyclic N) is 1. The molecule has 2 aromatic rings. The molecule has 1 aliphatic carbocycles. The molecular formula is C28H35F3N4O3S. The van der Waals surface area contributed by atoms with Crippen LogP contribution in [0.4, 0.5) is 13.2 Å². The highest BCUT2D eigenvalue weighted by Crippen LogP contribution is 2.35. The first-order chi connectivity index (χ1) is 18.5. The van der Waals surface area contributed by atoms with Crippen molar-refractivity contribution in [2.24, 2.45) is 11.8 Å². The van der Waals surface area contributed by atoms with Gasteiger partial charge in [0.1, 0.15) is 0 Å². The Bertz CT molecular complexity index is 1330. The second kappa shape index (κ2) is 11.2. The lowest BCUT2D eigenvalue weighted by atomic mass is 9.81. The van der Waals surface area contributed by atoms with Gasteiger partial charge in [0, 0.05) is 42.9 Å². The molecular weight excluding hydrogens is 529 g/mol. The van der Waals surface area contributed by atoms with E-state index in [1.54, 1.807) is 4.68 Å². The number of hydrogen-bond donors (Lipinski definition) is 1. The molecule has 5 rings (SSSR count). The van der Waals surface area contributed by atoms with Gasteiger partial charge < -0.3 is 10.0 Å². The number of aliphatic hydroxyl groups is 1. The molecule has 7 nitrogen and oxygen atoms in total. The minimum atomic E-state index is -4.45. The molecule has 0 bridgehead atoms.